The Balaban J connectivity index is 1.05. The van der Waals surface area contributed by atoms with Gasteiger partial charge in [-0.15, -0.1) is 11.8 Å². The van der Waals surface area contributed by atoms with Crippen molar-refractivity contribution >= 4 is 64.4 Å². The highest BCUT2D eigenvalue weighted by molar-refractivity contribution is 8.00. The minimum absolute atomic E-state index is 0.0137. The smallest absolute Gasteiger partial charge is 0.272 e. The molecule has 6 aromatic rings. The molecule has 7 nitrogen and oxygen atoms in total. The van der Waals surface area contributed by atoms with E-state index >= 15 is 0 Å². The van der Waals surface area contributed by atoms with Crippen molar-refractivity contribution in [3.63, 3.8) is 0 Å². The molecule has 0 bridgehead atoms. The number of ether oxygens (including phenoxy) is 1. The lowest BCUT2D eigenvalue weighted by atomic mass is 10.1. The molecule has 1 atom stereocenters. The highest BCUT2D eigenvalue weighted by atomic mass is 32.2. The fraction of sp³-hybridized carbons (Fsp3) is 0.0889. The molecule has 1 unspecified atom stereocenters. The quantitative estimate of drug-likeness (QED) is 0.0957. The fourth-order valence-electron chi connectivity index (χ4n) is 5.88. The lowest BCUT2D eigenvalue weighted by Crippen LogP contribution is -2.35. The van der Waals surface area contributed by atoms with E-state index in [9.17, 15) is 14.4 Å². The number of carbonyl (C=O) groups is 3. The van der Waals surface area contributed by atoms with Crippen LogP contribution >= 0.6 is 23.5 Å². The van der Waals surface area contributed by atoms with Crippen molar-refractivity contribution in [2.24, 2.45) is 0 Å². The van der Waals surface area contributed by atoms with Gasteiger partial charge in [0.25, 0.3) is 11.8 Å². The lowest BCUT2D eigenvalue weighted by molar-refractivity contribution is -0.117. The van der Waals surface area contributed by atoms with Crippen molar-refractivity contribution in [1.82, 2.24) is 5.32 Å². The predicted molar refractivity (Wildman–Crippen MR) is 218 cm³/mol. The summed E-state index contributed by atoms with van der Waals surface area (Å²) < 4.78 is 5.92. The van der Waals surface area contributed by atoms with E-state index in [4.69, 9.17) is 4.74 Å². The third kappa shape index (κ3) is 8.77. The van der Waals surface area contributed by atoms with Crippen molar-refractivity contribution in [1.29, 1.82) is 0 Å². The maximum absolute atomic E-state index is 14.2. The molecule has 7 rings (SSSR count). The average molecular weight is 748 g/mol. The van der Waals surface area contributed by atoms with Crippen LogP contribution in [0.2, 0.25) is 0 Å². The maximum atomic E-state index is 14.2. The van der Waals surface area contributed by atoms with Crippen molar-refractivity contribution in [2.75, 3.05) is 10.2 Å². The van der Waals surface area contributed by atoms with Crippen LogP contribution in [0.3, 0.4) is 0 Å². The molecule has 1 aliphatic rings. The Bertz CT molecular complexity index is 2230. The first kappa shape index (κ1) is 36.3. The number of nitrogens with zero attached hydrogens (tertiary/aromatic N) is 1. The maximum Gasteiger partial charge on any atom is 0.272 e. The summed E-state index contributed by atoms with van der Waals surface area (Å²) in [5.74, 6) is -0.185. The summed E-state index contributed by atoms with van der Waals surface area (Å²) in [6.07, 6.45) is 2.26. The number of hydrogen-bond acceptors (Lipinski definition) is 6. The van der Waals surface area contributed by atoms with Gasteiger partial charge < -0.3 is 15.4 Å². The number of fused-ring (bicyclic) bond motifs is 2. The zero-order valence-corrected chi connectivity index (χ0v) is 31.1. The summed E-state index contributed by atoms with van der Waals surface area (Å²) in [4.78, 5) is 45.9. The summed E-state index contributed by atoms with van der Waals surface area (Å²) >= 11 is 3.17. The fourth-order valence-corrected chi connectivity index (χ4v) is 7.94. The van der Waals surface area contributed by atoms with Crippen molar-refractivity contribution in [3.05, 3.63) is 180 Å². The SMILES string of the molecule is CCC(Sc1ccc(NC(=O)/C(=C/c2ccc(OCc3ccccc3)cc2)NC(=O)c2ccccc2)cc1)C(=O)N1c2ccccc2Sc2ccccc21. The third-order valence-corrected chi connectivity index (χ3v) is 11.2. The van der Waals surface area contributed by atoms with Crippen LogP contribution in [-0.4, -0.2) is 23.0 Å². The van der Waals surface area contributed by atoms with E-state index in [1.165, 1.54) is 11.8 Å². The molecule has 1 aliphatic heterocycles. The molecule has 0 fully saturated rings. The van der Waals surface area contributed by atoms with E-state index in [0.717, 1.165) is 31.6 Å². The molecule has 0 aromatic heterocycles. The van der Waals surface area contributed by atoms with E-state index < -0.39 is 11.8 Å². The van der Waals surface area contributed by atoms with Crippen LogP contribution in [0.4, 0.5) is 17.1 Å². The standard InChI is InChI=1S/C45H37N3O4S2/c1-2-40(45(51)48-38-17-9-11-19-41(38)54-42-20-12-10-18-39(42)48)53-36-27-23-34(24-28-36)46-44(50)37(47-43(49)33-15-7-4-8-16-33)29-31-21-25-35(26-22-31)52-30-32-13-5-3-6-14-32/h3-29,40H,2,30H2,1H3,(H,46,50)(H,47,49)/b37-29-. The van der Waals surface area contributed by atoms with Gasteiger partial charge in [-0.05, 0) is 96.4 Å². The van der Waals surface area contributed by atoms with Gasteiger partial charge in [-0.1, -0.05) is 104 Å². The van der Waals surface area contributed by atoms with Crippen LogP contribution in [-0.2, 0) is 16.2 Å². The van der Waals surface area contributed by atoms with Crippen LogP contribution in [0.25, 0.3) is 6.08 Å². The first-order valence-corrected chi connectivity index (χ1v) is 19.3. The van der Waals surface area contributed by atoms with Crippen molar-refractivity contribution < 1.29 is 19.1 Å². The monoisotopic (exact) mass is 747 g/mol. The summed E-state index contributed by atoms with van der Waals surface area (Å²) in [5.41, 5.74) is 4.60. The molecule has 2 N–H and O–H groups in total. The highest BCUT2D eigenvalue weighted by Crippen LogP contribution is 2.49. The Labute approximate surface area is 323 Å². The van der Waals surface area contributed by atoms with Crippen LogP contribution < -0.4 is 20.3 Å². The molecule has 3 amide bonds. The molecule has 0 saturated heterocycles. The zero-order valence-electron chi connectivity index (χ0n) is 29.5. The zero-order chi connectivity index (χ0) is 37.3. The summed E-state index contributed by atoms with van der Waals surface area (Å²) in [6.45, 7) is 2.45. The van der Waals surface area contributed by atoms with Gasteiger partial charge in [-0.3, -0.25) is 19.3 Å². The highest BCUT2D eigenvalue weighted by Gasteiger charge is 2.32. The molecule has 268 valence electrons. The van der Waals surface area contributed by atoms with Crippen molar-refractivity contribution in [2.45, 2.75) is 39.9 Å². The van der Waals surface area contributed by atoms with Gasteiger partial charge in [0, 0.05) is 25.9 Å². The molecule has 6 aromatic carbocycles. The predicted octanol–water partition coefficient (Wildman–Crippen LogP) is 10.4. The normalized spacial score (nSPS) is 12.5. The Morgan fingerprint density at radius 1 is 0.722 bits per heavy atom. The van der Waals surface area contributed by atoms with Crippen LogP contribution in [0, 0.1) is 0 Å². The molecular formula is C45H37N3O4S2. The van der Waals surface area contributed by atoms with Gasteiger partial charge in [0.05, 0.1) is 16.6 Å². The Kier molecular flexibility index (Phi) is 11.6. The van der Waals surface area contributed by atoms with Gasteiger partial charge in [0.2, 0.25) is 5.91 Å². The van der Waals surface area contributed by atoms with Crippen LogP contribution in [0.1, 0.15) is 34.8 Å². The Hall–Kier alpha value is -6.03. The van der Waals surface area contributed by atoms with E-state index in [2.05, 4.69) is 10.6 Å². The van der Waals surface area contributed by atoms with E-state index in [-0.39, 0.29) is 16.9 Å². The second-order valence-electron chi connectivity index (χ2n) is 12.4. The Morgan fingerprint density at radius 3 is 1.94 bits per heavy atom. The number of hydrogen-bond donors (Lipinski definition) is 2. The first-order valence-electron chi connectivity index (χ1n) is 17.6. The number of para-hydroxylation sites is 2. The molecule has 1 heterocycles. The number of carbonyl (C=O) groups excluding carboxylic acids is 3. The van der Waals surface area contributed by atoms with E-state index in [1.54, 1.807) is 54.2 Å². The van der Waals surface area contributed by atoms with Gasteiger partial charge in [0.15, 0.2) is 0 Å². The minimum atomic E-state index is -0.481. The first-order chi connectivity index (χ1) is 26.4. The van der Waals surface area contributed by atoms with Crippen molar-refractivity contribution in [3.8, 4) is 5.75 Å². The number of rotatable bonds is 12. The molecular weight excluding hydrogens is 711 g/mol. The van der Waals surface area contributed by atoms with E-state index in [0.29, 0.717) is 35.6 Å². The number of benzene rings is 6. The number of amides is 3. The second-order valence-corrected chi connectivity index (χ2v) is 14.8. The average Bonchev–Trinajstić information content (AvgIpc) is 3.22. The largest absolute Gasteiger partial charge is 0.489 e. The number of thioether (sulfide) groups is 1. The molecule has 0 spiro atoms. The second kappa shape index (κ2) is 17.2. The molecule has 54 heavy (non-hydrogen) atoms. The minimum Gasteiger partial charge on any atom is -0.489 e. The van der Waals surface area contributed by atoms with Gasteiger partial charge in [-0.2, -0.15) is 0 Å². The molecule has 0 saturated carbocycles. The topological polar surface area (TPSA) is 87.7 Å². The van der Waals surface area contributed by atoms with Crippen LogP contribution in [0.15, 0.2) is 178 Å². The van der Waals surface area contributed by atoms with Crippen LogP contribution in [0.5, 0.6) is 5.75 Å². The third-order valence-electron chi connectivity index (χ3n) is 8.66. The molecule has 9 heteroatoms. The molecule has 0 aliphatic carbocycles. The van der Waals surface area contributed by atoms with Gasteiger partial charge in [-0.25, -0.2) is 0 Å². The summed E-state index contributed by atoms with van der Waals surface area (Å²) in [6, 6.07) is 49.3. The van der Waals surface area contributed by atoms with E-state index in [1.807, 2.05) is 133 Å². The van der Waals surface area contributed by atoms with Gasteiger partial charge in [0.1, 0.15) is 18.1 Å². The number of nitrogens with one attached hydrogen (secondary N) is 2. The summed E-state index contributed by atoms with van der Waals surface area (Å²) in [5, 5.41) is 5.38. The van der Waals surface area contributed by atoms with Gasteiger partial charge >= 0.3 is 0 Å². The summed E-state index contributed by atoms with van der Waals surface area (Å²) in [7, 11) is 0. The number of anilines is 3. The lowest BCUT2D eigenvalue weighted by Gasteiger charge is -2.33. The molecule has 0 radical (unpaired) electrons. The Morgan fingerprint density at radius 2 is 1.31 bits per heavy atom.